The van der Waals surface area contributed by atoms with Crippen LogP contribution < -0.4 is 5.73 Å². The molecule has 0 fully saturated rings. The molecule has 2 N–H and O–H groups in total. The van der Waals surface area contributed by atoms with E-state index < -0.39 is 6.04 Å². The summed E-state index contributed by atoms with van der Waals surface area (Å²) in [6, 6.07) is -0.576. The van der Waals surface area contributed by atoms with Gasteiger partial charge in [-0.2, -0.15) is 12.6 Å². The highest BCUT2D eigenvalue weighted by Gasteiger charge is 2.10. The van der Waals surface area contributed by atoms with Gasteiger partial charge in [-0.05, 0) is 6.92 Å². The van der Waals surface area contributed by atoms with Gasteiger partial charge < -0.3 is 10.5 Å². The van der Waals surface area contributed by atoms with Gasteiger partial charge in [0.2, 0.25) is 0 Å². The van der Waals surface area contributed by atoms with Crippen LogP contribution in [0, 0.1) is 0 Å². The van der Waals surface area contributed by atoms with Gasteiger partial charge in [0.05, 0.1) is 6.61 Å². The lowest BCUT2D eigenvalue weighted by Crippen LogP contribution is -2.33. The number of ether oxygens (including phenoxy) is 1. The maximum atomic E-state index is 10.6. The number of carbonyl (C=O) groups excluding carboxylic acids is 1. The second-order valence-corrected chi connectivity index (χ2v) is 1.91. The van der Waals surface area contributed by atoms with Gasteiger partial charge in [0.1, 0.15) is 6.04 Å². The molecule has 0 bridgehead atoms. The summed E-state index contributed by atoms with van der Waals surface area (Å²) in [5, 5.41) is 0. The monoisotopic (exact) mass is 221 g/mol. The van der Waals surface area contributed by atoms with E-state index in [4.69, 9.17) is 5.73 Å². The molecular weight excluding hydrogens is 209 g/mol. The number of rotatable bonds is 3. The number of hydrogen-bond donors (Lipinski definition) is 2. The van der Waals surface area contributed by atoms with Gasteiger partial charge in [0.15, 0.2) is 0 Å². The van der Waals surface area contributed by atoms with E-state index in [0.29, 0.717) is 12.4 Å². The fourth-order valence-corrected chi connectivity index (χ4v) is 0.473. The van der Waals surface area contributed by atoms with Gasteiger partial charge in [-0.1, -0.05) is 0 Å². The second-order valence-electron chi connectivity index (χ2n) is 1.54. The van der Waals surface area contributed by atoms with Crippen LogP contribution in [0.25, 0.3) is 0 Å². The standard InChI is InChI=1S/C5H11NO2S.2ClH/c1-2-8-5(7)4(6)3-9;;/h4,9H,2-3,6H2,1H3;2*1H/t4-;;/m0../s1. The number of thiol groups is 1. The van der Waals surface area contributed by atoms with E-state index in [1.54, 1.807) is 6.92 Å². The number of nitrogens with two attached hydrogens (primary N) is 1. The van der Waals surface area contributed by atoms with Gasteiger partial charge in [-0.25, -0.2) is 0 Å². The first-order chi connectivity index (χ1) is 4.22. The fraction of sp³-hybridized carbons (Fsp3) is 0.800. The fourth-order valence-electron chi connectivity index (χ4n) is 0.324. The molecule has 0 aliphatic carbocycles. The van der Waals surface area contributed by atoms with Crippen molar-refractivity contribution in [2.45, 2.75) is 13.0 Å². The highest BCUT2D eigenvalue weighted by molar-refractivity contribution is 7.80. The lowest BCUT2D eigenvalue weighted by molar-refractivity contribution is -0.144. The molecule has 0 amide bonds. The highest BCUT2D eigenvalue weighted by atomic mass is 35.5. The molecule has 6 heteroatoms. The predicted octanol–water partition coefficient (Wildman–Crippen LogP) is 0.650. The molecule has 0 aromatic rings. The summed E-state index contributed by atoms with van der Waals surface area (Å²) in [6.45, 7) is 2.11. The number of carbonyl (C=O) groups is 1. The first kappa shape index (κ1) is 17.4. The summed E-state index contributed by atoms with van der Waals surface area (Å²) in [6.07, 6.45) is 0. The third kappa shape index (κ3) is 8.26. The van der Waals surface area contributed by atoms with Crippen molar-refractivity contribution in [1.29, 1.82) is 0 Å². The molecule has 3 nitrogen and oxygen atoms in total. The molecule has 1 atom stereocenters. The molecule has 0 saturated carbocycles. The third-order valence-electron chi connectivity index (χ3n) is 0.786. The van der Waals surface area contributed by atoms with Gasteiger partial charge in [0, 0.05) is 5.75 Å². The molecule has 0 spiro atoms. The Bertz CT molecular complexity index is 104. The Morgan fingerprint density at radius 3 is 2.36 bits per heavy atom. The lowest BCUT2D eigenvalue weighted by Gasteiger charge is -2.05. The zero-order valence-electron chi connectivity index (χ0n) is 6.15. The van der Waals surface area contributed by atoms with Crippen LogP contribution in [0.4, 0.5) is 0 Å². The number of hydrogen-bond acceptors (Lipinski definition) is 4. The van der Waals surface area contributed by atoms with Crippen molar-refractivity contribution in [1.82, 2.24) is 0 Å². The van der Waals surface area contributed by atoms with E-state index in [2.05, 4.69) is 17.4 Å². The zero-order valence-corrected chi connectivity index (χ0v) is 8.68. The van der Waals surface area contributed by atoms with Gasteiger partial charge >= 0.3 is 5.97 Å². The first-order valence-electron chi connectivity index (χ1n) is 2.75. The maximum absolute atomic E-state index is 10.6. The summed E-state index contributed by atoms with van der Waals surface area (Å²) in [7, 11) is 0. The molecule has 0 rings (SSSR count). The van der Waals surface area contributed by atoms with Crippen LogP contribution in [-0.2, 0) is 9.53 Å². The van der Waals surface area contributed by atoms with Crippen LogP contribution in [0.15, 0.2) is 0 Å². The molecule has 0 aliphatic rings. The largest absolute Gasteiger partial charge is 0.465 e. The minimum absolute atomic E-state index is 0. The Hall–Kier alpha value is 0.360. The van der Waals surface area contributed by atoms with Crippen molar-refractivity contribution in [3.05, 3.63) is 0 Å². The summed E-state index contributed by atoms with van der Waals surface area (Å²) < 4.78 is 4.58. The molecule has 0 aromatic carbocycles. The maximum Gasteiger partial charge on any atom is 0.323 e. The zero-order chi connectivity index (χ0) is 7.28. The van der Waals surface area contributed by atoms with Crippen molar-refractivity contribution in [3.63, 3.8) is 0 Å². The van der Waals surface area contributed by atoms with Gasteiger partial charge in [-0.15, -0.1) is 24.8 Å². The van der Waals surface area contributed by atoms with E-state index in [1.807, 2.05) is 0 Å². The SMILES string of the molecule is CCOC(=O)[C@@H](N)CS.Cl.Cl. The molecule has 0 radical (unpaired) electrons. The van der Waals surface area contributed by atoms with Crippen LogP contribution >= 0.6 is 37.4 Å². The van der Waals surface area contributed by atoms with Crippen LogP contribution in [0.2, 0.25) is 0 Å². The summed E-state index contributed by atoms with van der Waals surface area (Å²) in [5.41, 5.74) is 5.25. The van der Waals surface area contributed by atoms with E-state index in [0.717, 1.165) is 0 Å². The minimum Gasteiger partial charge on any atom is -0.465 e. The quantitative estimate of drug-likeness (QED) is 0.544. The van der Waals surface area contributed by atoms with Crippen molar-refractivity contribution < 1.29 is 9.53 Å². The van der Waals surface area contributed by atoms with Crippen molar-refractivity contribution in [2.24, 2.45) is 5.73 Å². The van der Waals surface area contributed by atoms with Crippen LogP contribution in [0.3, 0.4) is 0 Å². The topological polar surface area (TPSA) is 52.3 Å². The Labute approximate surface area is 84.3 Å². The molecule has 0 unspecified atom stereocenters. The average Bonchev–Trinajstić information content (AvgIpc) is 1.87. The molecule has 0 saturated heterocycles. The van der Waals surface area contributed by atoms with Crippen LogP contribution in [0.5, 0.6) is 0 Å². The summed E-state index contributed by atoms with van der Waals surface area (Å²) in [4.78, 5) is 10.6. The third-order valence-corrected chi connectivity index (χ3v) is 1.18. The summed E-state index contributed by atoms with van der Waals surface area (Å²) >= 11 is 3.82. The van der Waals surface area contributed by atoms with E-state index >= 15 is 0 Å². The van der Waals surface area contributed by atoms with Crippen molar-refractivity contribution in [2.75, 3.05) is 12.4 Å². The molecule has 0 aromatic heterocycles. The van der Waals surface area contributed by atoms with E-state index in [9.17, 15) is 4.79 Å². The van der Waals surface area contributed by atoms with Gasteiger partial charge in [-0.3, -0.25) is 4.79 Å². The van der Waals surface area contributed by atoms with Crippen LogP contribution in [0.1, 0.15) is 6.92 Å². The molecule has 0 aliphatic heterocycles. The van der Waals surface area contributed by atoms with Crippen molar-refractivity contribution in [3.8, 4) is 0 Å². The Morgan fingerprint density at radius 1 is 1.64 bits per heavy atom. The molecule has 0 heterocycles. The average molecular weight is 222 g/mol. The summed E-state index contributed by atoms with van der Waals surface area (Å²) in [5.74, 6) is -0.0498. The number of esters is 1. The lowest BCUT2D eigenvalue weighted by atomic mass is 10.4. The Balaban J connectivity index is -0.000000320. The smallest absolute Gasteiger partial charge is 0.323 e. The van der Waals surface area contributed by atoms with Crippen LogP contribution in [-0.4, -0.2) is 24.4 Å². The second kappa shape index (κ2) is 10.4. The minimum atomic E-state index is -0.576. The Kier molecular flexibility index (Phi) is 16.4. The molecule has 70 valence electrons. The molecular formula is C5H13Cl2NO2S. The van der Waals surface area contributed by atoms with Crippen molar-refractivity contribution >= 4 is 43.4 Å². The highest BCUT2D eigenvalue weighted by Crippen LogP contribution is 1.87. The number of halogens is 2. The predicted molar refractivity (Wildman–Crippen MR) is 53.0 cm³/mol. The van der Waals surface area contributed by atoms with E-state index in [-0.39, 0.29) is 30.8 Å². The van der Waals surface area contributed by atoms with E-state index in [1.165, 1.54) is 0 Å². The normalized spacial score (nSPS) is 10.5. The first-order valence-corrected chi connectivity index (χ1v) is 3.38. The Morgan fingerprint density at radius 2 is 2.09 bits per heavy atom. The molecule has 11 heavy (non-hydrogen) atoms. The van der Waals surface area contributed by atoms with Gasteiger partial charge in [0.25, 0.3) is 0 Å².